The van der Waals surface area contributed by atoms with Gasteiger partial charge in [-0.05, 0) is 48.1 Å². The van der Waals surface area contributed by atoms with Gasteiger partial charge >= 0.3 is 0 Å². The van der Waals surface area contributed by atoms with Crippen LogP contribution in [0.5, 0.6) is 5.88 Å². The Bertz CT molecular complexity index is 1210. The van der Waals surface area contributed by atoms with E-state index in [1.165, 1.54) is 12.5 Å². The standard InChI is InChI=1S/C28H33FN4O2S/c1-21-17-33(12-11-32(21)18-25-5-4-14-36(25,2)20-24-10-13-34-24)27-6-3-7-28(31-27)35-19-23-9-8-22(16-30)15-26(23)29/h3-9,14-15,21,24H,10-13,17-20H2,1-2H3/t21-,24-/m0/s1. The Morgan fingerprint density at radius 2 is 2.14 bits per heavy atom. The van der Waals surface area contributed by atoms with Gasteiger partial charge in [0.15, 0.2) is 0 Å². The molecule has 0 radical (unpaired) electrons. The Balaban J connectivity index is 1.17. The van der Waals surface area contributed by atoms with Crippen molar-refractivity contribution >= 4 is 15.8 Å². The van der Waals surface area contributed by atoms with Crippen LogP contribution in [0.4, 0.5) is 10.2 Å². The zero-order valence-electron chi connectivity index (χ0n) is 20.9. The van der Waals surface area contributed by atoms with Crippen molar-refractivity contribution in [3.8, 4) is 11.9 Å². The van der Waals surface area contributed by atoms with Crippen LogP contribution in [0.15, 0.2) is 58.9 Å². The molecule has 3 aliphatic heterocycles. The van der Waals surface area contributed by atoms with Gasteiger partial charge in [0.1, 0.15) is 18.2 Å². The minimum absolute atomic E-state index is 0.0638. The quantitative estimate of drug-likeness (QED) is 0.510. The third-order valence-electron chi connectivity index (χ3n) is 7.30. The molecule has 0 aliphatic carbocycles. The highest BCUT2D eigenvalue weighted by atomic mass is 32.3. The molecule has 0 amide bonds. The number of nitrogens with zero attached hydrogens (tertiary/aromatic N) is 4. The van der Waals surface area contributed by atoms with Gasteiger partial charge in [-0.25, -0.2) is 4.39 Å². The molecule has 4 heterocycles. The van der Waals surface area contributed by atoms with Gasteiger partial charge in [-0.2, -0.15) is 20.3 Å². The molecule has 1 unspecified atom stereocenters. The van der Waals surface area contributed by atoms with Crippen LogP contribution < -0.4 is 9.64 Å². The largest absolute Gasteiger partial charge is 0.473 e. The Hall–Kier alpha value is -2.86. The number of anilines is 1. The Morgan fingerprint density at radius 1 is 1.28 bits per heavy atom. The third-order valence-corrected chi connectivity index (χ3v) is 10.6. The first-order valence-corrected chi connectivity index (χ1v) is 14.7. The van der Waals surface area contributed by atoms with Crippen LogP contribution in [0.2, 0.25) is 0 Å². The molecule has 5 rings (SSSR count). The number of hydrogen-bond donors (Lipinski definition) is 0. The average Bonchev–Trinajstić information content (AvgIpc) is 3.22. The van der Waals surface area contributed by atoms with Crippen molar-refractivity contribution in [3.05, 3.63) is 75.8 Å². The molecule has 8 heteroatoms. The number of nitriles is 1. The van der Waals surface area contributed by atoms with Crippen molar-refractivity contribution in [1.82, 2.24) is 9.88 Å². The molecule has 1 aromatic carbocycles. The summed E-state index contributed by atoms with van der Waals surface area (Å²) in [5.41, 5.74) is 0.695. The van der Waals surface area contributed by atoms with Gasteiger partial charge in [-0.3, -0.25) is 4.90 Å². The molecule has 6 nitrogen and oxygen atoms in total. The molecule has 36 heavy (non-hydrogen) atoms. The highest BCUT2D eigenvalue weighted by molar-refractivity contribution is 8.38. The summed E-state index contributed by atoms with van der Waals surface area (Å²) < 4.78 is 25.7. The summed E-state index contributed by atoms with van der Waals surface area (Å²) in [5.74, 6) is 2.04. The molecule has 3 atom stereocenters. The molecule has 3 aliphatic rings. The molecule has 1 aromatic heterocycles. The molecular weight excluding hydrogens is 475 g/mol. The lowest BCUT2D eigenvalue weighted by Gasteiger charge is -2.44. The minimum atomic E-state index is -0.906. The van der Waals surface area contributed by atoms with E-state index >= 15 is 0 Å². The molecule has 190 valence electrons. The molecule has 2 saturated heterocycles. The molecule has 2 fully saturated rings. The number of allylic oxidation sites excluding steroid dienone is 2. The number of rotatable bonds is 8. The monoisotopic (exact) mass is 508 g/mol. The summed E-state index contributed by atoms with van der Waals surface area (Å²) in [6, 6.07) is 12.5. The van der Waals surface area contributed by atoms with Gasteiger partial charge in [-0.1, -0.05) is 24.3 Å². The van der Waals surface area contributed by atoms with Crippen LogP contribution >= 0.6 is 10.0 Å². The number of hydrogen-bond acceptors (Lipinski definition) is 6. The molecule has 0 spiro atoms. The number of piperazine rings is 1. The Labute approximate surface area is 214 Å². The van der Waals surface area contributed by atoms with Gasteiger partial charge in [0.25, 0.3) is 0 Å². The normalized spacial score (nSPS) is 27.6. The highest BCUT2D eigenvalue weighted by Crippen LogP contribution is 2.58. The lowest BCUT2D eigenvalue weighted by molar-refractivity contribution is -0.0346. The first-order valence-electron chi connectivity index (χ1n) is 12.5. The van der Waals surface area contributed by atoms with Crippen molar-refractivity contribution in [2.75, 3.05) is 49.7 Å². The van der Waals surface area contributed by atoms with Crippen molar-refractivity contribution in [3.63, 3.8) is 0 Å². The van der Waals surface area contributed by atoms with Crippen LogP contribution in [0.3, 0.4) is 0 Å². The van der Waals surface area contributed by atoms with Crippen molar-refractivity contribution in [1.29, 1.82) is 5.26 Å². The maximum absolute atomic E-state index is 14.2. The van der Waals surface area contributed by atoms with Crippen LogP contribution in [0.1, 0.15) is 24.5 Å². The van der Waals surface area contributed by atoms with E-state index in [0.717, 1.165) is 44.4 Å². The first kappa shape index (κ1) is 24.8. The maximum Gasteiger partial charge on any atom is 0.215 e. The summed E-state index contributed by atoms with van der Waals surface area (Å²) in [6.45, 7) is 7.01. The van der Waals surface area contributed by atoms with E-state index in [0.29, 0.717) is 29.2 Å². The van der Waals surface area contributed by atoms with E-state index < -0.39 is 15.8 Å². The van der Waals surface area contributed by atoms with Crippen molar-refractivity contribution in [2.45, 2.75) is 32.1 Å². The zero-order valence-corrected chi connectivity index (χ0v) is 21.7. The van der Waals surface area contributed by atoms with Gasteiger partial charge in [0, 0.05) is 56.2 Å². The number of halogens is 1. The second kappa shape index (κ2) is 10.6. The Kier molecular flexibility index (Phi) is 7.33. The predicted molar refractivity (Wildman–Crippen MR) is 143 cm³/mol. The van der Waals surface area contributed by atoms with Crippen LogP contribution in [-0.2, 0) is 11.3 Å². The second-order valence-electron chi connectivity index (χ2n) is 9.87. The smallest absolute Gasteiger partial charge is 0.215 e. The van der Waals surface area contributed by atoms with Crippen LogP contribution in [-0.4, -0.2) is 66.8 Å². The summed E-state index contributed by atoms with van der Waals surface area (Å²) >= 11 is 0. The topological polar surface area (TPSA) is 61.6 Å². The average molecular weight is 509 g/mol. The van der Waals surface area contributed by atoms with E-state index in [2.05, 4.69) is 45.5 Å². The molecule has 2 aromatic rings. The summed E-state index contributed by atoms with van der Waals surface area (Å²) in [5, 5.41) is 11.3. The number of pyridine rings is 1. The molecule has 0 saturated carbocycles. The van der Waals surface area contributed by atoms with Crippen LogP contribution in [0.25, 0.3) is 0 Å². The zero-order chi connectivity index (χ0) is 25.1. The van der Waals surface area contributed by atoms with Gasteiger partial charge in [0.05, 0.1) is 17.7 Å². The minimum Gasteiger partial charge on any atom is -0.473 e. The number of ether oxygens (including phenoxy) is 2. The number of aromatic nitrogens is 1. The SMILES string of the molecule is C[C@H]1CN(c2cccc(OCc3ccc(C#N)cc3F)n2)CCN1CC1=CC=CS1(C)C[C@@H]1CCO1. The first-order chi connectivity index (χ1) is 17.4. The lowest BCUT2D eigenvalue weighted by atomic mass is 10.1. The highest BCUT2D eigenvalue weighted by Gasteiger charge is 2.33. The van der Waals surface area contributed by atoms with Gasteiger partial charge in [0.2, 0.25) is 5.88 Å². The van der Waals surface area contributed by atoms with E-state index in [1.807, 2.05) is 18.2 Å². The number of benzene rings is 1. The fraction of sp³-hybridized carbons (Fsp3) is 0.429. The van der Waals surface area contributed by atoms with Gasteiger partial charge in [-0.15, -0.1) is 0 Å². The van der Waals surface area contributed by atoms with E-state index in [1.54, 1.807) is 23.1 Å². The van der Waals surface area contributed by atoms with Crippen molar-refractivity contribution in [2.24, 2.45) is 0 Å². The fourth-order valence-electron chi connectivity index (χ4n) is 4.91. The fourth-order valence-corrected chi connectivity index (χ4v) is 7.72. The van der Waals surface area contributed by atoms with E-state index in [4.69, 9.17) is 14.7 Å². The molecule has 0 bridgehead atoms. The van der Waals surface area contributed by atoms with Crippen molar-refractivity contribution < 1.29 is 13.9 Å². The van der Waals surface area contributed by atoms with Crippen LogP contribution in [0, 0.1) is 17.1 Å². The predicted octanol–water partition coefficient (Wildman–Crippen LogP) is 4.82. The summed E-state index contributed by atoms with van der Waals surface area (Å²) in [4.78, 5) is 11.1. The van der Waals surface area contributed by atoms with E-state index in [9.17, 15) is 4.39 Å². The summed E-state index contributed by atoms with van der Waals surface area (Å²) in [6.07, 6.45) is 8.61. The van der Waals surface area contributed by atoms with Gasteiger partial charge < -0.3 is 14.4 Å². The third kappa shape index (κ3) is 5.44. The molecule has 0 N–H and O–H groups in total. The molecular formula is C28H33FN4O2S. The maximum atomic E-state index is 14.2. The van der Waals surface area contributed by atoms with E-state index in [-0.39, 0.29) is 6.61 Å². The second-order valence-corrected chi connectivity index (χ2v) is 13.3. The summed E-state index contributed by atoms with van der Waals surface area (Å²) in [7, 11) is -0.906. The Morgan fingerprint density at radius 3 is 2.86 bits per heavy atom. The lowest BCUT2D eigenvalue weighted by Crippen LogP contribution is -2.52.